The largest absolute Gasteiger partial charge is 0.324 e. The number of pyridine rings is 1. The van der Waals surface area contributed by atoms with E-state index in [1.54, 1.807) is 0 Å². The third-order valence-electron chi connectivity index (χ3n) is 3.69. The van der Waals surface area contributed by atoms with Gasteiger partial charge in [-0.2, -0.15) is 0 Å². The molecule has 0 radical (unpaired) electrons. The van der Waals surface area contributed by atoms with Crippen molar-refractivity contribution in [1.82, 2.24) is 4.98 Å². The Morgan fingerprint density at radius 1 is 1.05 bits per heavy atom. The molecule has 2 heteroatoms. The molecule has 1 unspecified atom stereocenters. The van der Waals surface area contributed by atoms with E-state index in [-0.39, 0.29) is 6.04 Å². The lowest BCUT2D eigenvalue weighted by molar-refractivity contribution is 0.728. The van der Waals surface area contributed by atoms with Crippen LogP contribution in [0, 0.1) is 6.92 Å². The van der Waals surface area contributed by atoms with Gasteiger partial charge < -0.3 is 5.73 Å². The smallest absolute Gasteiger partial charge is 0.0346 e. The van der Waals surface area contributed by atoms with E-state index in [9.17, 15) is 0 Å². The molecule has 0 bridgehead atoms. The number of fused-ring (bicyclic) bond motifs is 1. The van der Waals surface area contributed by atoms with Crippen molar-refractivity contribution in [3.8, 4) is 0 Å². The quantitative estimate of drug-likeness (QED) is 0.780. The number of aryl methyl sites for hydroxylation is 1. The highest BCUT2D eigenvalue weighted by Gasteiger charge is 2.10. The molecule has 2 aromatic carbocycles. The Morgan fingerprint density at radius 3 is 2.65 bits per heavy atom. The van der Waals surface area contributed by atoms with E-state index in [1.165, 1.54) is 22.1 Å². The molecular formula is C18H18N2. The summed E-state index contributed by atoms with van der Waals surface area (Å²) in [7, 11) is 0. The van der Waals surface area contributed by atoms with Crippen molar-refractivity contribution in [2.24, 2.45) is 5.73 Å². The van der Waals surface area contributed by atoms with Crippen LogP contribution in [-0.4, -0.2) is 4.98 Å². The van der Waals surface area contributed by atoms with E-state index in [1.807, 2.05) is 24.5 Å². The van der Waals surface area contributed by atoms with Gasteiger partial charge >= 0.3 is 0 Å². The lowest BCUT2D eigenvalue weighted by atomic mass is 9.95. The van der Waals surface area contributed by atoms with Crippen molar-refractivity contribution in [1.29, 1.82) is 0 Å². The van der Waals surface area contributed by atoms with Crippen LogP contribution in [0.1, 0.15) is 22.7 Å². The zero-order valence-corrected chi connectivity index (χ0v) is 11.6. The molecule has 2 N–H and O–H groups in total. The molecule has 3 rings (SSSR count). The predicted octanol–water partition coefficient (Wildman–Crippen LogP) is 3.79. The molecule has 0 aliphatic heterocycles. The van der Waals surface area contributed by atoms with Crippen LogP contribution in [0.5, 0.6) is 0 Å². The lowest BCUT2D eigenvalue weighted by Gasteiger charge is -2.15. The molecule has 3 aromatic rings. The van der Waals surface area contributed by atoms with Gasteiger partial charge in [0.1, 0.15) is 0 Å². The first-order chi connectivity index (χ1) is 9.74. The van der Waals surface area contributed by atoms with Crippen LogP contribution >= 0.6 is 0 Å². The third kappa shape index (κ3) is 2.56. The molecule has 0 spiro atoms. The normalized spacial score (nSPS) is 12.5. The lowest BCUT2D eigenvalue weighted by Crippen LogP contribution is -2.13. The minimum Gasteiger partial charge on any atom is -0.324 e. The van der Waals surface area contributed by atoms with Gasteiger partial charge in [-0.3, -0.25) is 4.98 Å². The van der Waals surface area contributed by atoms with Crippen LogP contribution < -0.4 is 5.73 Å². The van der Waals surface area contributed by atoms with Crippen molar-refractivity contribution in [2.45, 2.75) is 19.4 Å². The van der Waals surface area contributed by atoms with E-state index in [2.05, 4.69) is 48.3 Å². The summed E-state index contributed by atoms with van der Waals surface area (Å²) in [6.07, 6.45) is 4.56. The highest BCUT2D eigenvalue weighted by molar-refractivity contribution is 5.85. The number of hydrogen-bond donors (Lipinski definition) is 1. The first-order valence-electron chi connectivity index (χ1n) is 6.88. The fourth-order valence-electron chi connectivity index (χ4n) is 2.56. The highest BCUT2D eigenvalue weighted by atomic mass is 14.6. The minimum absolute atomic E-state index is 0.00352. The van der Waals surface area contributed by atoms with E-state index < -0.39 is 0 Å². The molecule has 1 heterocycles. The summed E-state index contributed by atoms with van der Waals surface area (Å²) in [5.41, 5.74) is 10.1. The van der Waals surface area contributed by atoms with Crippen molar-refractivity contribution in [3.63, 3.8) is 0 Å². The van der Waals surface area contributed by atoms with Gasteiger partial charge in [0.25, 0.3) is 0 Å². The molecule has 0 aliphatic rings. The second-order valence-electron chi connectivity index (χ2n) is 5.24. The maximum absolute atomic E-state index is 6.41. The third-order valence-corrected chi connectivity index (χ3v) is 3.69. The van der Waals surface area contributed by atoms with Gasteiger partial charge in [0.05, 0.1) is 0 Å². The average molecular weight is 262 g/mol. The van der Waals surface area contributed by atoms with Gasteiger partial charge in [0.15, 0.2) is 0 Å². The van der Waals surface area contributed by atoms with Crippen molar-refractivity contribution >= 4 is 10.8 Å². The molecule has 0 saturated heterocycles. The second-order valence-corrected chi connectivity index (χ2v) is 5.24. The zero-order valence-electron chi connectivity index (χ0n) is 11.6. The summed E-state index contributed by atoms with van der Waals surface area (Å²) in [6.45, 7) is 2.10. The number of nitrogens with two attached hydrogens (primary N) is 1. The van der Waals surface area contributed by atoms with Crippen LogP contribution in [0.15, 0.2) is 60.9 Å². The van der Waals surface area contributed by atoms with Gasteiger partial charge in [-0.05, 0) is 35.9 Å². The summed E-state index contributed by atoms with van der Waals surface area (Å²) < 4.78 is 0. The Morgan fingerprint density at radius 2 is 1.85 bits per heavy atom. The van der Waals surface area contributed by atoms with Gasteiger partial charge in [-0.1, -0.05) is 48.0 Å². The number of hydrogen-bond acceptors (Lipinski definition) is 2. The summed E-state index contributed by atoms with van der Waals surface area (Å²) in [6, 6.07) is 16.9. The maximum atomic E-state index is 6.41. The fraction of sp³-hybridized carbons (Fsp3) is 0.167. The Hall–Kier alpha value is -2.19. The van der Waals surface area contributed by atoms with Gasteiger partial charge in [0, 0.05) is 23.8 Å². The zero-order chi connectivity index (χ0) is 13.9. The molecule has 1 aromatic heterocycles. The molecule has 100 valence electrons. The number of benzene rings is 2. The average Bonchev–Trinajstić information content (AvgIpc) is 2.49. The van der Waals surface area contributed by atoms with E-state index >= 15 is 0 Å². The Balaban J connectivity index is 1.92. The molecule has 2 nitrogen and oxygen atoms in total. The van der Waals surface area contributed by atoms with Crippen molar-refractivity contribution < 1.29 is 0 Å². The fourth-order valence-corrected chi connectivity index (χ4v) is 2.56. The van der Waals surface area contributed by atoms with E-state index in [4.69, 9.17) is 5.73 Å². The topological polar surface area (TPSA) is 38.9 Å². The second kappa shape index (κ2) is 5.43. The number of aromatic nitrogens is 1. The minimum atomic E-state index is 0.00352. The summed E-state index contributed by atoms with van der Waals surface area (Å²) in [5.74, 6) is 0. The summed E-state index contributed by atoms with van der Waals surface area (Å²) in [4.78, 5) is 4.17. The summed E-state index contributed by atoms with van der Waals surface area (Å²) in [5, 5.41) is 2.34. The van der Waals surface area contributed by atoms with Crippen LogP contribution in [0.25, 0.3) is 10.8 Å². The first-order valence-corrected chi connectivity index (χ1v) is 6.88. The first kappa shape index (κ1) is 12.8. The van der Waals surface area contributed by atoms with E-state index in [0.29, 0.717) is 0 Å². The number of rotatable bonds is 3. The SMILES string of the molecule is Cc1ccc(CC(N)c2cccc3cnccc23)cc1. The molecule has 0 fully saturated rings. The standard InChI is InChI=1S/C18H18N2/c1-13-5-7-14(8-6-13)11-18(19)17-4-2-3-15-12-20-10-9-16(15)17/h2-10,12,18H,11,19H2,1H3. The van der Waals surface area contributed by atoms with Crippen molar-refractivity contribution in [3.05, 3.63) is 77.6 Å². The molecule has 20 heavy (non-hydrogen) atoms. The van der Waals surface area contributed by atoms with Crippen molar-refractivity contribution in [2.75, 3.05) is 0 Å². The van der Waals surface area contributed by atoms with Gasteiger partial charge in [-0.15, -0.1) is 0 Å². The predicted molar refractivity (Wildman–Crippen MR) is 83.6 cm³/mol. The molecular weight excluding hydrogens is 244 g/mol. The highest BCUT2D eigenvalue weighted by Crippen LogP contribution is 2.24. The Kier molecular flexibility index (Phi) is 3.48. The monoisotopic (exact) mass is 262 g/mol. The van der Waals surface area contributed by atoms with Crippen LogP contribution in [0.2, 0.25) is 0 Å². The Labute approximate surface area is 119 Å². The van der Waals surface area contributed by atoms with Crippen LogP contribution in [0.4, 0.5) is 0 Å². The molecule has 0 saturated carbocycles. The molecule has 1 atom stereocenters. The van der Waals surface area contributed by atoms with Gasteiger partial charge in [-0.25, -0.2) is 0 Å². The number of nitrogens with zero attached hydrogens (tertiary/aromatic N) is 1. The molecule has 0 aliphatic carbocycles. The van der Waals surface area contributed by atoms with Crippen LogP contribution in [-0.2, 0) is 6.42 Å². The maximum Gasteiger partial charge on any atom is 0.0346 e. The molecule has 0 amide bonds. The Bertz CT molecular complexity index is 712. The van der Waals surface area contributed by atoms with Crippen LogP contribution in [0.3, 0.4) is 0 Å². The van der Waals surface area contributed by atoms with E-state index in [0.717, 1.165) is 11.8 Å². The van der Waals surface area contributed by atoms with Gasteiger partial charge in [0.2, 0.25) is 0 Å². The summed E-state index contributed by atoms with van der Waals surface area (Å²) >= 11 is 0.